The Labute approximate surface area is 106 Å². The van der Waals surface area contributed by atoms with Gasteiger partial charge in [-0.15, -0.1) is 0 Å². The van der Waals surface area contributed by atoms with Crippen LogP contribution in [0, 0.1) is 5.41 Å². The summed E-state index contributed by atoms with van der Waals surface area (Å²) in [5, 5.41) is 3.16. The molecule has 1 heterocycles. The summed E-state index contributed by atoms with van der Waals surface area (Å²) in [5.41, 5.74) is 0.247. The van der Waals surface area contributed by atoms with Crippen molar-refractivity contribution in [1.82, 2.24) is 10.2 Å². The SMILES string of the molecule is CC(C)N1CC[C@H](NC(=O)CCC(C)(C)C)C1. The average molecular weight is 240 g/mol. The Morgan fingerprint density at radius 2 is 2.06 bits per heavy atom. The molecule has 100 valence electrons. The topological polar surface area (TPSA) is 32.3 Å². The van der Waals surface area contributed by atoms with E-state index in [9.17, 15) is 4.79 Å². The number of hydrogen-bond acceptors (Lipinski definition) is 2. The zero-order chi connectivity index (χ0) is 13.1. The maximum absolute atomic E-state index is 11.8. The van der Waals surface area contributed by atoms with Crippen LogP contribution in [0.2, 0.25) is 0 Å². The molecular formula is C14H28N2O. The van der Waals surface area contributed by atoms with Crippen LogP contribution in [0.4, 0.5) is 0 Å². The van der Waals surface area contributed by atoms with Crippen molar-refractivity contribution < 1.29 is 4.79 Å². The zero-order valence-corrected chi connectivity index (χ0v) is 12.0. The molecule has 1 fully saturated rings. The normalized spacial score (nSPS) is 22.1. The Hall–Kier alpha value is -0.570. The largest absolute Gasteiger partial charge is 0.352 e. The lowest BCUT2D eigenvalue weighted by molar-refractivity contribution is -0.122. The van der Waals surface area contributed by atoms with Gasteiger partial charge in [-0.05, 0) is 32.1 Å². The summed E-state index contributed by atoms with van der Waals surface area (Å²) in [5.74, 6) is 0.218. The summed E-state index contributed by atoms with van der Waals surface area (Å²) >= 11 is 0. The Bertz CT molecular complexity index is 255. The highest BCUT2D eigenvalue weighted by molar-refractivity contribution is 5.76. The molecule has 3 heteroatoms. The second-order valence-electron chi connectivity index (χ2n) is 6.70. The first kappa shape index (κ1) is 14.5. The van der Waals surface area contributed by atoms with E-state index in [0.29, 0.717) is 18.5 Å². The minimum absolute atomic E-state index is 0.218. The molecule has 0 aromatic rings. The molecule has 0 unspecified atom stereocenters. The fourth-order valence-corrected chi connectivity index (χ4v) is 2.16. The van der Waals surface area contributed by atoms with Crippen molar-refractivity contribution in [2.75, 3.05) is 13.1 Å². The Morgan fingerprint density at radius 1 is 1.41 bits per heavy atom. The van der Waals surface area contributed by atoms with E-state index in [1.165, 1.54) is 0 Å². The molecule has 1 aliphatic heterocycles. The average Bonchev–Trinajstić information content (AvgIpc) is 2.62. The number of carbonyl (C=O) groups is 1. The van der Waals surface area contributed by atoms with Gasteiger partial charge in [0.15, 0.2) is 0 Å². The van der Waals surface area contributed by atoms with Gasteiger partial charge in [-0.2, -0.15) is 0 Å². The van der Waals surface area contributed by atoms with Crippen molar-refractivity contribution >= 4 is 5.91 Å². The lowest BCUT2D eigenvalue weighted by atomic mass is 9.90. The Morgan fingerprint density at radius 3 is 2.53 bits per heavy atom. The van der Waals surface area contributed by atoms with Crippen LogP contribution in [-0.4, -0.2) is 36.0 Å². The van der Waals surface area contributed by atoms with Crippen LogP contribution in [0.25, 0.3) is 0 Å². The standard InChI is InChI=1S/C14H28N2O/c1-11(2)16-9-7-12(10-16)15-13(17)6-8-14(3,4)5/h11-12H,6-10H2,1-5H3,(H,15,17)/t12-/m0/s1. The molecule has 1 saturated heterocycles. The van der Waals surface area contributed by atoms with Gasteiger partial charge in [0.2, 0.25) is 5.91 Å². The molecule has 0 bridgehead atoms. The molecule has 0 saturated carbocycles. The third-order valence-electron chi connectivity index (χ3n) is 3.42. The van der Waals surface area contributed by atoms with E-state index < -0.39 is 0 Å². The maximum Gasteiger partial charge on any atom is 0.220 e. The van der Waals surface area contributed by atoms with E-state index in [0.717, 1.165) is 25.9 Å². The van der Waals surface area contributed by atoms with Gasteiger partial charge in [0.25, 0.3) is 0 Å². The number of nitrogens with zero attached hydrogens (tertiary/aromatic N) is 1. The van der Waals surface area contributed by atoms with Gasteiger partial charge in [0.05, 0.1) is 0 Å². The van der Waals surface area contributed by atoms with Gasteiger partial charge < -0.3 is 5.32 Å². The minimum Gasteiger partial charge on any atom is -0.352 e. The molecule has 0 aromatic carbocycles. The number of rotatable bonds is 4. The van der Waals surface area contributed by atoms with Crippen LogP contribution in [-0.2, 0) is 4.79 Å². The molecular weight excluding hydrogens is 212 g/mol. The fraction of sp³-hybridized carbons (Fsp3) is 0.929. The molecule has 1 amide bonds. The van der Waals surface area contributed by atoms with Crippen LogP contribution < -0.4 is 5.32 Å². The van der Waals surface area contributed by atoms with E-state index in [1.807, 2.05) is 0 Å². The van der Waals surface area contributed by atoms with Gasteiger partial charge in [-0.25, -0.2) is 0 Å². The van der Waals surface area contributed by atoms with E-state index in [4.69, 9.17) is 0 Å². The van der Waals surface area contributed by atoms with E-state index in [1.54, 1.807) is 0 Å². The van der Waals surface area contributed by atoms with Gasteiger partial charge in [-0.1, -0.05) is 20.8 Å². The van der Waals surface area contributed by atoms with Gasteiger partial charge in [-0.3, -0.25) is 9.69 Å². The number of hydrogen-bond donors (Lipinski definition) is 1. The third-order valence-corrected chi connectivity index (χ3v) is 3.42. The van der Waals surface area contributed by atoms with Crippen LogP contribution in [0.5, 0.6) is 0 Å². The fourth-order valence-electron chi connectivity index (χ4n) is 2.16. The summed E-state index contributed by atoms with van der Waals surface area (Å²) in [6, 6.07) is 0.955. The molecule has 1 atom stereocenters. The van der Waals surface area contributed by atoms with E-state index >= 15 is 0 Å². The molecule has 1 rings (SSSR count). The Kier molecular flexibility index (Phi) is 4.99. The van der Waals surface area contributed by atoms with Gasteiger partial charge in [0.1, 0.15) is 0 Å². The molecule has 0 radical (unpaired) electrons. The first-order valence-electron chi connectivity index (χ1n) is 6.81. The van der Waals surface area contributed by atoms with Crippen LogP contribution in [0.3, 0.4) is 0 Å². The summed E-state index contributed by atoms with van der Waals surface area (Å²) in [6.45, 7) is 13.1. The number of amides is 1. The van der Waals surface area contributed by atoms with Crippen LogP contribution in [0.1, 0.15) is 53.9 Å². The highest BCUT2D eigenvalue weighted by Gasteiger charge is 2.25. The smallest absolute Gasteiger partial charge is 0.220 e. The summed E-state index contributed by atoms with van der Waals surface area (Å²) in [6.07, 6.45) is 2.71. The predicted molar refractivity (Wildman–Crippen MR) is 71.9 cm³/mol. The van der Waals surface area contributed by atoms with Crippen molar-refractivity contribution in [3.05, 3.63) is 0 Å². The second-order valence-corrected chi connectivity index (χ2v) is 6.70. The van der Waals surface area contributed by atoms with Gasteiger partial charge in [0, 0.05) is 31.6 Å². The predicted octanol–water partition coefficient (Wildman–Crippen LogP) is 2.41. The molecule has 17 heavy (non-hydrogen) atoms. The van der Waals surface area contributed by atoms with Crippen molar-refractivity contribution in [2.45, 2.75) is 66.0 Å². The summed E-state index contributed by atoms with van der Waals surface area (Å²) < 4.78 is 0. The monoisotopic (exact) mass is 240 g/mol. The lowest BCUT2D eigenvalue weighted by Gasteiger charge is -2.21. The number of carbonyl (C=O) groups excluding carboxylic acids is 1. The summed E-state index contributed by atoms with van der Waals surface area (Å²) in [4.78, 5) is 14.2. The quantitative estimate of drug-likeness (QED) is 0.818. The van der Waals surface area contributed by atoms with Crippen molar-refractivity contribution in [3.8, 4) is 0 Å². The van der Waals surface area contributed by atoms with Crippen molar-refractivity contribution in [1.29, 1.82) is 0 Å². The number of likely N-dealkylation sites (tertiary alicyclic amines) is 1. The number of nitrogens with one attached hydrogen (secondary N) is 1. The zero-order valence-electron chi connectivity index (χ0n) is 12.0. The minimum atomic E-state index is 0.218. The van der Waals surface area contributed by atoms with E-state index in [-0.39, 0.29) is 11.3 Å². The molecule has 1 N–H and O–H groups in total. The van der Waals surface area contributed by atoms with Crippen molar-refractivity contribution in [2.24, 2.45) is 5.41 Å². The first-order valence-corrected chi connectivity index (χ1v) is 6.81. The highest BCUT2D eigenvalue weighted by atomic mass is 16.1. The summed E-state index contributed by atoms with van der Waals surface area (Å²) in [7, 11) is 0. The third kappa shape index (κ3) is 5.53. The van der Waals surface area contributed by atoms with Gasteiger partial charge >= 0.3 is 0 Å². The van der Waals surface area contributed by atoms with Crippen LogP contribution in [0.15, 0.2) is 0 Å². The van der Waals surface area contributed by atoms with Crippen molar-refractivity contribution in [3.63, 3.8) is 0 Å². The Balaban J connectivity index is 2.24. The first-order chi connectivity index (χ1) is 7.78. The van der Waals surface area contributed by atoms with E-state index in [2.05, 4.69) is 44.8 Å². The molecule has 0 spiro atoms. The molecule has 1 aliphatic rings. The highest BCUT2D eigenvalue weighted by Crippen LogP contribution is 2.20. The molecule has 0 aliphatic carbocycles. The maximum atomic E-state index is 11.8. The molecule has 0 aromatic heterocycles. The lowest BCUT2D eigenvalue weighted by Crippen LogP contribution is -2.38. The van der Waals surface area contributed by atoms with Crippen LogP contribution >= 0.6 is 0 Å². The molecule has 3 nitrogen and oxygen atoms in total. The second kappa shape index (κ2) is 5.85.